The van der Waals surface area contributed by atoms with E-state index in [9.17, 15) is 4.39 Å². The predicted octanol–water partition coefficient (Wildman–Crippen LogP) is 4.98. The number of ether oxygens (including phenoxy) is 2. The summed E-state index contributed by atoms with van der Waals surface area (Å²) in [7, 11) is 1.69. The number of hydrogen-bond donors (Lipinski definition) is 0. The normalized spacial score (nSPS) is 14.2. The van der Waals surface area contributed by atoms with Crippen LogP contribution in [0.3, 0.4) is 0 Å². The third-order valence-corrected chi connectivity index (χ3v) is 5.17. The minimum absolute atomic E-state index is 0.239. The van der Waals surface area contributed by atoms with Crippen LogP contribution in [0.25, 0.3) is 0 Å². The summed E-state index contributed by atoms with van der Waals surface area (Å²) in [5.74, 6) is 0.539. The summed E-state index contributed by atoms with van der Waals surface area (Å²) in [4.78, 5) is 5.93. The van der Waals surface area contributed by atoms with Crippen molar-refractivity contribution in [1.82, 2.24) is 0 Å². The molecule has 0 radical (unpaired) electrons. The smallest absolute Gasteiger partial charge is 0.131 e. The molecule has 27 heavy (non-hydrogen) atoms. The van der Waals surface area contributed by atoms with Gasteiger partial charge in [-0.1, -0.05) is 0 Å². The number of methoxy groups -OCH3 is 1. The zero-order valence-electron chi connectivity index (χ0n) is 15.4. The van der Waals surface area contributed by atoms with E-state index in [2.05, 4.69) is 0 Å². The molecule has 0 amide bonds. The number of nitrogens with zero attached hydrogens (tertiary/aromatic N) is 2. The van der Waals surface area contributed by atoms with E-state index >= 15 is 0 Å². The molecular weight excluding hydrogens is 363 g/mol. The topological polar surface area (TPSA) is 54.6 Å². The van der Waals surface area contributed by atoms with Crippen LogP contribution in [0.2, 0.25) is 0 Å². The second-order valence-electron chi connectivity index (χ2n) is 6.18. The van der Waals surface area contributed by atoms with Crippen molar-refractivity contribution in [2.24, 2.45) is 4.99 Å². The van der Waals surface area contributed by atoms with Crippen LogP contribution in [-0.2, 0) is 11.2 Å². The lowest BCUT2D eigenvalue weighted by molar-refractivity contribution is 0.197. The lowest BCUT2D eigenvalue weighted by Gasteiger charge is -2.13. The van der Waals surface area contributed by atoms with Gasteiger partial charge in [0.2, 0.25) is 0 Å². The number of nitriles is 1. The molecule has 6 heteroatoms. The molecule has 0 aliphatic heterocycles. The Hall–Kier alpha value is -2.36. The van der Waals surface area contributed by atoms with Crippen LogP contribution in [-0.4, -0.2) is 32.2 Å². The molecule has 0 bridgehead atoms. The van der Waals surface area contributed by atoms with Crippen LogP contribution in [0, 0.1) is 17.1 Å². The summed E-state index contributed by atoms with van der Waals surface area (Å²) in [5, 5.41) is 9.03. The van der Waals surface area contributed by atoms with Gasteiger partial charge in [-0.25, -0.2) is 4.39 Å². The van der Waals surface area contributed by atoms with E-state index < -0.39 is 5.82 Å². The Bertz CT molecular complexity index is 906. The summed E-state index contributed by atoms with van der Waals surface area (Å²) in [6.07, 6.45) is 4.63. The Morgan fingerprint density at radius 3 is 2.85 bits per heavy atom. The lowest BCUT2D eigenvalue weighted by Crippen LogP contribution is -2.01. The molecule has 4 nitrogen and oxygen atoms in total. The van der Waals surface area contributed by atoms with Gasteiger partial charge in [-0.2, -0.15) is 5.26 Å². The monoisotopic (exact) mass is 384 g/mol. The molecule has 0 atom stereocenters. The number of fused-ring (bicyclic) bond motifs is 1. The highest BCUT2D eigenvalue weighted by molar-refractivity contribution is 7.98. The van der Waals surface area contributed by atoms with Gasteiger partial charge in [-0.15, -0.1) is 11.8 Å². The molecule has 3 rings (SSSR count). The van der Waals surface area contributed by atoms with E-state index in [-0.39, 0.29) is 5.56 Å². The maximum absolute atomic E-state index is 13.7. The fraction of sp³-hybridized carbons (Fsp3) is 0.333. The minimum Gasteiger partial charge on any atom is -0.457 e. The third-order valence-electron chi connectivity index (χ3n) is 4.39. The van der Waals surface area contributed by atoms with Crippen LogP contribution in [0.4, 0.5) is 4.39 Å². The Kier molecular flexibility index (Phi) is 6.49. The van der Waals surface area contributed by atoms with E-state index in [1.165, 1.54) is 12.1 Å². The molecule has 2 aromatic rings. The molecule has 2 aromatic carbocycles. The molecule has 0 fully saturated rings. The highest BCUT2D eigenvalue weighted by Crippen LogP contribution is 2.39. The van der Waals surface area contributed by atoms with Crippen molar-refractivity contribution < 1.29 is 13.9 Å². The first-order valence-corrected chi connectivity index (χ1v) is 9.99. The van der Waals surface area contributed by atoms with Gasteiger partial charge in [0.1, 0.15) is 17.3 Å². The zero-order chi connectivity index (χ0) is 19.2. The SMILES string of the molecule is COCCCN=C1CCc2c(Oc3cc(F)cc(C#N)c3)ccc(SC)c21. The van der Waals surface area contributed by atoms with Crippen LogP contribution >= 0.6 is 11.8 Å². The molecule has 0 N–H and O–H groups in total. The minimum atomic E-state index is -0.484. The summed E-state index contributed by atoms with van der Waals surface area (Å²) in [6.45, 7) is 1.43. The summed E-state index contributed by atoms with van der Waals surface area (Å²) in [5.41, 5.74) is 3.56. The van der Waals surface area contributed by atoms with E-state index in [0.717, 1.165) is 47.5 Å². The Morgan fingerprint density at radius 1 is 1.26 bits per heavy atom. The van der Waals surface area contributed by atoms with Gasteiger partial charge in [-0.3, -0.25) is 4.99 Å². The highest BCUT2D eigenvalue weighted by Gasteiger charge is 2.25. The molecule has 0 saturated heterocycles. The third kappa shape index (κ3) is 4.49. The maximum Gasteiger partial charge on any atom is 0.131 e. The number of rotatable bonds is 7. The Morgan fingerprint density at radius 2 is 2.11 bits per heavy atom. The summed E-state index contributed by atoms with van der Waals surface area (Å²) >= 11 is 1.68. The molecule has 1 aliphatic carbocycles. The second-order valence-corrected chi connectivity index (χ2v) is 7.03. The maximum atomic E-state index is 13.7. The summed E-state index contributed by atoms with van der Waals surface area (Å²) < 4.78 is 24.8. The number of aliphatic imine (C=N–C) groups is 1. The first-order chi connectivity index (χ1) is 13.2. The summed E-state index contributed by atoms with van der Waals surface area (Å²) in [6, 6.07) is 9.92. The van der Waals surface area contributed by atoms with Gasteiger partial charge >= 0.3 is 0 Å². The number of benzene rings is 2. The number of halogens is 1. The largest absolute Gasteiger partial charge is 0.457 e. The van der Waals surface area contributed by atoms with Crippen LogP contribution in [0.5, 0.6) is 11.5 Å². The molecule has 1 aliphatic rings. The van der Waals surface area contributed by atoms with Crippen LogP contribution in [0.15, 0.2) is 40.2 Å². The molecule has 0 spiro atoms. The van der Waals surface area contributed by atoms with E-state index in [1.807, 2.05) is 24.5 Å². The van der Waals surface area contributed by atoms with E-state index in [0.29, 0.717) is 18.1 Å². The number of thioether (sulfide) groups is 1. The fourth-order valence-corrected chi connectivity index (χ4v) is 3.85. The zero-order valence-corrected chi connectivity index (χ0v) is 16.2. The van der Waals surface area contributed by atoms with Crippen molar-refractivity contribution in [2.45, 2.75) is 24.2 Å². The molecule has 0 aromatic heterocycles. The molecular formula is C21H21FN2O2S. The molecule has 0 heterocycles. The van der Waals surface area contributed by atoms with Crippen LogP contribution in [0.1, 0.15) is 29.5 Å². The Balaban J connectivity index is 1.92. The first-order valence-electron chi connectivity index (χ1n) is 8.77. The van der Waals surface area contributed by atoms with E-state index in [4.69, 9.17) is 19.7 Å². The average Bonchev–Trinajstić information content (AvgIpc) is 3.09. The Labute approximate surface area is 163 Å². The van der Waals surface area contributed by atoms with Crippen molar-refractivity contribution in [1.29, 1.82) is 5.26 Å². The molecule has 140 valence electrons. The van der Waals surface area contributed by atoms with Crippen molar-refractivity contribution in [3.8, 4) is 17.6 Å². The first kappa shape index (κ1) is 19.4. The van der Waals surface area contributed by atoms with Crippen molar-refractivity contribution in [2.75, 3.05) is 26.5 Å². The van der Waals surface area contributed by atoms with Crippen LogP contribution < -0.4 is 4.74 Å². The second kappa shape index (κ2) is 9.03. The van der Waals surface area contributed by atoms with Crippen molar-refractivity contribution >= 4 is 17.5 Å². The van der Waals surface area contributed by atoms with Gasteiger partial charge in [0.15, 0.2) is 0 Å². The fourth-order valence-electron chi connectivity index (χ4n) is 3.20. The van der Waals surface area contributed by atoms with E-state index in [1.54, 1.807) is 24.9 Å². The van der Waals surface area contributed by atoms with Gasteiger partial charge in [0.05, 0.1) is 11.6 Å². The standard InChI is InChI=1S/C21H21FN2O2S/c1-25-9-3-8-24-18-5-4-17-19(6-7-20(27-2)21(17)18)26-16-11-14(13-23)10-15(22)12-16/h6-7,10-12H,3-5,8-9H2,1-2H3. The predicted molar refractivity (Wildman–Crippen MR) is 106 cm³/mol. The van der Waals surface area contributed by atoms with Gasteiger partial charge in [-0.05, 0) is 49.8 Å². The lowest BCUT2D eigenvalue weighted by atomic mass is 10.1. The van der Waals surface area contributed by atoms with Gasteiger partial charge in [0.25, 0.3) is 0 Å². The van der Waals surface area contributed by atoms with Crippen molar-refractivity contribution in [3.05, 3.63) is 52.8 Å². The van der Waals surface area contributed by atoms with Crippen molar-refractivity contribution in [3.63, 3.8) is 0 Å². The molecule has 0 unspecified atom stereocenters. The molecule has 0 saturated carbocycles. The number of hydrogen-bond acceptors (Lipinski definition) is 5. The average molecular weight is 384 g/mol. The van der Waals surface area contributed by atoms with Gasteiger partial charge < -0.3 is 9.47 Å². The highest BCUT2D eigenvalue weighted by atomic mass is 32.2. The van der Waals surface area contributed by atoms with Gasteiger partial charge in [0, 0.05) is 48.1 Å². The quantitative estimate of drug-likeness (QED) is 0.499.